The molecule has 0 aliphatic carbocycles. The van der Waals surface area contributed by atoms with Gasteiger partial charge in [-0.3, -0.25) is 4.79 Å². The molecular formula is C20H31N3O3S. The molecule has 150 valence electrons. The fourth-order valence-electron chi connectivity index (χ4n) is 3.13. The molecule has 0 radical (unpaired) electrons. The minimum atomic E-state index is -0.0835. The van der Waals surface area contributed by atoms with Gasteiger partial charge >= 0.3 is 6.03 Å². The average molecular weight is 394 g/mol. The van der Waals surface area contributed by atoms with Gasteiger partial charge in [-0.1, -0.05) is 25.1 Å². The normalized spacial score (nSPS) is 19.5. The first kappa shape index (κ1) is 21.4. The molecule has 0 spiro atoms. The molecule has 27 heavy (non-hydrogen) atoms. The van der Waals surface area contributed by atoms with Crippen molar-refractivity contribution < 1.29 is 14.3 Å². The van der Waals surface area contributed by atoms with Gasteiger partial charge in [0.05, 0.1) is 12.4 Å². The van der Waals surface area contributed by atoms with Gasteiger partial charge in [0.15, 0.2) is 0 Å². The Morgan fingerprint density at radius 3 is 2.70 bits per heavy atom. The standard InChI is InChI=1S/C20H31N3O3S/c1-6-17-18(24)23(13-9-12-22(4)20(25)21-14(2)3)19(27-17)15-10-7-8-11-16(15)26-5/h7-8,10-11,14,17,19H,6,9,12-13H2,1-5H3,(H,21,25)/t17-,19-/m0/s1. The van der Waals surface area contributed by atoms with E-state index in [1.807, 2.05) is 49.9 Å². The van der Waals surface area contributed by atoms with E-state index in [1.165, 1.54) is 0 Å². The number of hydrogen-bond acceptors (Lipinski definition) is 4. The molecule has 6 nitrogen and oxygen atoms in total. The van der Waals surface area contributed by atoms with E-state index in [4.69, 9.17) is 4.74 Å². The Labute approximate surface area is 166 Å². The van der Waals surface area contributed by atoms with E-state index in [-0.39, 0.29) is 28.6 Å². The van der Waals surface area contributed by atoms with Gasteiger partial charge < -0.3 is 19.9 Å². The smallest absolute Gasteiger partial charge is 0.317 e. The van der Waals surface area contributed by atoms with Crippen LogP contribution in [0.5, 0.6) is 5.75 Å². The van der Waals surface area contributed by atoms with Crippen LogP contribution >= 0.6 is 11.8 Å². The lowest BCUT2D eigenvalue weighted by Gasteiger charge is -2.26. The van der Waals surface area contributed by atoms with E-state index in [2.05, 4.69) is 5.32 Å². The van der Waals surface area contributed by atoms with E-state index in [0.29, 0.717) is 13.1 Å². The summed E-state index contributed by atoms with van der Waals surface area (Å²) in [4.78, 5) is 28.5. The van der Waals surface area contributed by atoms with Crippen molar-refractivity contribution in [3.8, 4) is 5.75 Å². The lowest BCUT2D eigenvalue weighted by molar-refractivity contribution is -0.130. The van der Waals surface area contributed by atoms with Gasteiger partial charge in [-0.15, -0.1) is 11.8 Å². The second-order valence-corrected chi connectivity index (χ2v) is 8.33. The van der Waals surface area contributed by atoms with E-state index < -0.39 is 0 Å². The average Bonchev–Trinajstić information content (AvgIpc) is 2.96. The van der Waals surface area contributed by atoms with Gasteiger partial charge in [-0.2, -0.15) is 0 Å². The lowest BCUT2D eigenvalue weighted by atomic mass is 10.1. The number of methoxy groups -OCH3 is 1. The first-order valence-corrected chi connectivity index (χ1v) is 10.4. The van der Waals surface area contributed by atoms with Crippen molar-refractivity contribution >= 4 is 23.7 Å². The number of benzene rings is 1. The monoisotopic (exact) mass is 393 g/mol. The fraction of sp³-hybridized carbons (Fsp3) is 0.600. The van der Waals surface area contributed by atoms with Gasteiger partial charge in [-0.25, -0.2) is 4.79 Å². The topological polar surface area (TPSA) is 61.9 Å². The molecule has 1 fully saturated rings. The number of thioether (sulfide) groups is 1. The number of hydrogen-bond donors (Lipinski definition) is 1. The van der Waals surface area contributed by atoms with Crippen LogP contribution in [0.3, 0.4) is 0 Å². The van der Waals surface area contributed by atoms with E-state index in [0.717, 1.165) is 24.2 Å². The van der Waals surface area contributed by atoms with Crippen LogP contribution in [-0.2, 0) is 4.79 Å². The Morgan fingerprint density at radius 2 is 2.07 bits per heavy atom. The molecule has 1 aliphatic rings. The quantitative estimate of drug-likeness (QED) is 0.734. The van der Waals surface area contributed by atoms with Crippen LogP contribution in [0, 0.1) is 0 Å². The summed E-state index contributed by atoms with van der Waals surface area (Å²) < 4.78 is 5.51. The molecule has 3 amide bonds. The van der Waals surface area contributed by atoms with E-state index >= 15 is 0 Å². The first-order valence-electron chi connectivity index (χ1n) is 9.49. The van der Waals surface area contributed by atoms with Crippen molar-refractivity contribution in [1.29, 1.82) is 0 Å². The molecule has 7 heteroatoms. The van der Waals surface area contributed by atoms with Gasteiger partial charge in [0, 0.05) is 31.7 Å². The molecule has 2 atom stereocenters. The maximum atomic E-state index is 12.8. The second-order valence-electron chi connectivity index (χ2n) is 7.04. The third kappa shape index (κ3) is 5.31. The Bertz CT molecular complexity index is 653. The highest BCUT2D eigenvalue weighted by molar-refractivity contribution is 8.01. The third-order valence-corrected chi connectivity index (χ3v) is 6.19. The number of para-hydroxylation sites is 1. The number of carbonyl (C=O) groups excluding carboxylic acids is 2. The van der Waals surface area contributed by atoms with Crippen molar-refractivity contribution in [3.63, 3.8) is 0 Å². The highest BCUT2D eigenvalue weighted by atomic mass is 32.2. The number of amides is 3. The fourth-order valence-corrected chi connectivity index (χ4v) is 4.59. The predicted octanol–water partition coefficient (Wildman–Crippen LogP) is 3.49. The van der Waals surface area contributed by atoms with E-state index in [1.54, 1.807) is 30.8 Å². The third-order valence-electron chi connectivity index (χ3n) is 4.56. The van der Waals surface area contributed by atoms with Crippen LogP contribution in [-0.4, -0.2) is 60.3 Å². The lowest BCUT2D eigenvalue weighted by Crippen LogP contribution is -2.42. The number of nitrogens with zero attached hydrogens (tertiary/aromatic N) is 2. The minimum absolute atomic E-state index is 0.0260. The summed E-state index contributed by atoms with van der Waals surface area (Å²) in [6.45, 7) is 7.14. The van der Waals surface area contributed by atoms with Crippen LogP contribution in [0.2, 0.25) is 0 Å². The number of ether oxygens (including phenoxy) is 1. The molecule has 1 saturated heterocycles. The van der Waals surface area contributed by atoms with Crippen LogP contribution in [0.1, 0.15) is 44.6 Å². The van der Waals surface area contributed by atoms with Gasteiger partial charge in [0.2, 0.25) is 5.91 Å². The predicted molar refractivity (Wildman–Crippen MR) is 110 cm³/mol. The summed E-state index contributed by atoms with van der Waals surface area (Å²) in [7, 11) is 3.44. The number of nitrogens with one attached hydrogen (secondary N) is 1. The van der Waals surface area contributed by atoms with Crippen molar-refractivity contribution in [2.24, 2.45) is 0 Å². The van der Waals surface area contributed by atoms with Gasteiger partial charge in [0.1, 0.15) is 11.1 Å². The zero-order valence-electron chi connectivity index (χ0n) is 16.9. The maximum absolute atomic E-state index is 12.8. The molecule has 0 aromatic heterocycles. The summed E-state index contributed by atoms with van der Waals surface area (Å²) in [5.74, 6) is 0.977. The molecule has 0 unspecified atom stereocenters. The van der Waals surface area contributed by atoms with Crippen molar-refractivity contribution in [1.82, 2.24) is 15.1 Å². The molecule has 1 aromatic rings. The van der Waals surface area contributed by atoms with Crippen molar-refractivity contribution in [2.75, 3.05) is 27.2 Å². The van der Waals surface area contributed by atoms with Crippen LogP contribution in [0.4, 0.5) is 4.79 Å². The molecular weight excluding hydrogens is 362 g/mol. The summed E-state index contributed by atoms with van der Waals surface area (Å²) in [6.07, 6.45) is 1.54. The van der Waals surface area contributed by atoms with E-state index in [9.17, 15) is 9.59 Å². The molecule has 1 aromatic carbocycles. The van der Waals surface area contributed by atoms with Gasteiger partial charge in [-0.05, 0) is 32.8 Å². The SMILES string of the molecule is CC[C@@H]1S[C@@H](c2ccccc2OC)N(CCCN(C)C(=O)NC(C)C)C1=O. The van der Waals surface area contributed by atoms with Crippen LogP contribution in [0.25, 0.3) is 0 Å². The van der Waals surface area contributed by atoms with Crippen molar-refractivity contribution in [2.45, 2.75) is 50.3 Å². The number of carbonyl (C=O) groups is 2. The molecule has 2 rings (SSSR count). The summed E-state index contributed by atoms with van der Waals surface area (Å²) >= 11 is 1.69. The largest absolute Gasteiger partial charge is 0.496 e. The second kappa shape index (κ2) is 9.88. The Hall–Kier alpha value is -1.89. The first-order chi connectivity index (χ1) is 12.9. The summed E-state index contributed by atoms with van der Waals surface area (Å²) in [5, 5.41) is 2.81. The summed E-state index contributed by atoms with van der Waals surface area (Å²) in [6, 6.07) is 7.90. The number of rotatable bonds is 8. The molecule has 1 heterocycles. The highest BCUT2D eigenvalue weighted by Gasteiger charge is 2.40. The Balaban J connectivity index is 2.05. The molecule has 0 saturated carbocycles. The molecule has 0 bridgehead atoms. The molecule has 1 N–H and O–H groups in total. The minimum Gasteiger partial charge on any atom is -0.496 e. The van der Waals surface area contributed by atoms with Crippen LogP contribution in [0.15, 0.2) is 24.3 Å². The Morgan fingerprint density at radius 1 is 1.37 bits per heavy atom. The Kier molecular flexibility index (Phi) is 7.83. The zero-order valence-corrected chi connectivity index (χ0v) is 17.7. The van der Waals surface area contributed by atoms with Crippen molar-refractivity contribution in [3.05, 3.63) is 29.8 Å². The zero-order chi connectivity index (χ0) is 20.0. The summed E-state index contributed by atoms with van der Waals surface area (Å²) in [5.41, 5.74) is 1.03. The maximum Gasteiger partial charge on any atom is 0.317 e. The highest BCUT2D eigenvalue weighted by Crippen LogP contribution is 2.46. The number of urea groups is 1. The van der Waals surface area contributed by atoms with Crippen LogP contribution < -0.4 is 10.1 Å². The van der Waals surface area contributed by atoms with Gasteiger partial charge in [0.25, 0.3) is 0 Å². The molecule has 1 aliphatic heterocycles.